The number of hydrogen-bond donors (Lipinski definition) is 1. The molecule has 0 radical (unpaired) electrons. The third-order valence-electron chi connectivity index (χ3n) is 5.59. The van der Waals surface area contributed by atoms with Gasteiger partial charge in [0.25, 0.3) is 0 Å². The molecule has 1 aromatic heterocycles. The summed E-state index contributed by atoms with van der Waals surface area (Å²) in [6.45, 7) is 0.752. The lowest BCUT2D eigenvalue weighted by atomic mass is 9.92. The minimum Gasteiger partial charge on any atom is -0.493 e. The summed E-state index contributed by atoms with van der Waals surface area (Å²) in [6, 6.07) is 15.9. The van der Waals surface area contributed by atoms with Crippen LogP contribution in [0.3, 0.4) is 0 Å². The molecule has 0 spiro atoms. The molecule has 30 heavy (non-hydrogen) atoms. The molecule has 1 aliphatic rings. The van der Waals surface area contributed by atoms with E-state index in [4.69, 9.17) is 9.47 Å². The summed E-state index contributed by atoms with van der Waals surface area (Å²) in [5.41, 5.74) is 4.48. The normalized spacial score (nSPS) is 15.3. The molecule has 6 nitrogen and oxygen atoms in total. The third kappa shape index (κ3) is 4.32. The van der Waals surface area contributed by atoms with E-state index in [0.29, 0.717) is 17.9 Å². The van der Waals surface area contributed by atoms with Crippen molar-refractivity contribution in [2.45, 2.75) is 38.3 Å². The summed E-state index contributed by atoms with van der Waals surface area (Å²) in [6.07, 6.45) is 5.17. The number of methoxy groups -OCH3 is 2. The van der Waals surface area contributed by atoms with Gasteiger partial charge in [-0.3, -0.25) is 9.48 Å². The number of amides is 1. The van der Waals surface area contributed by atoms with Crippen molar-refractivity contribution in [3.05, 3.63) is 77.1 Å². The molecule has 0 saturated heterocycles. The SMILES string of the molecule is COc1ccc(CC(=O)N[C@H]2CCCc3c2cnn3Cc2ccccc2)cc1OC. The van der Waals surface area contributed by atoms with E-state index in [0.717, 1.165) is 36.9 Å². The molecule has 3 aromatic rings. The summed E-state index contributed by atoms with van der Waals surface area (Å²) in [4.78, 5) is 12.7. The van der Waals surface area contributed by atoms with E-state index in [1.807, 2.05) is 42.6 Å². The van der Waals surface area contributed by atoms with Gasteiger partial charge >= 0.3 is 0 Å². The molecule has 1 aliphatic carbocycles. The van der Waals surface area contributed by atoms with E-state index in [9.17, 15) is 4.79 Å². The Morgan fingerprint density at radius 2 is 1.90 bits per heavy atom. The summed E-state index contributed by atoms with van der Waals surface area (Å²) in [5, 5.41) is 7.81. The maximum absolute atomic E-state index is 12.7. The minimum atomic E-state index is -0.00382. The van der Waals surface area contributed by atoms with Gasteiger partial charge in [-0.15, -0.1) is 0 Å². The van der Waals surface area contributed by atoms with E-state index in [2.05, 4.69) is 27.2 Å². The fourth-order valence-corrected chi connectivity index (χ4v) is 4.08. The van der Waals surface area contributed by atoms with Crippen LogP contribution in [0.1, 0.15) is 41.3 Å². The zero-order chi connectivity index (χ0) is 20.9. The number of nitrogens with zero attached hydrogens (tertiary/aromatic N) is 2. The van der Waals surface area contributed by atoms with Crippen molar-refractivity contribution in [1.82, 2.24) is 15.1 Å². The van der Waals surface area contributed by atoms with Crippen molar-refractivity contribution in [2.75, 3.05) is 14.2 Å². The molecule has 4 rings (SSSR count). The zero-order valence-corrected chi connectivity index (χ0v) is 17.4. The van der Waals surface area contributed by atoms with Gasteiger partial charge in [-0.25, -0.2) is 0 Å². The second-order valence-corrected chi connectivity index (χ2v) is 7.57. The van der Waals surface area contributed by atoms with Crippen LogP contribution in [0.5, 0.6) is 11.5 Å². The highest BCUT2D eigenvalue weighted by Gasteiger charge is 2.25. The summed E-state index contributed by atoms with van der Waals surface area (Å²) in [5.74, 6) is 1.28. The highest BCUT2D eigenvalue weighted by Crippen LogP contribution is 2.31. The largest absolute Gasteiger partial charge is 0.493 e. The van der Waals surface area contributed by atoms with Gasteiger partial charge in [-0.1, -0.05) is 36.4 Å². The predicted molar refractivity (Wildman–Crippen MR) is 115 cm³/mol. The van der Waals surface area contributed by atoms with Crippen LogP contribution in [0.4, 0.5) is 0 Å². The second-order valence-electron chi connectivity index (χ2n) is 7.57. The van der Waals surface area contributed by atoms with Crippen LogP contribution in [-0.2, 0) is 24.2 Å². The fraction of sp³-hybridized carbons (Fsp3) is 0.333. The molecular weight excluding hydrogens is 378 g/mol. The maximum Gasteiger partial charge on any atom is 0.224 e. The van der Waals surface area contributed by atoms with Crippen LogP contribution in [0.15, 0.2) is 54.7 Å². The van der Waals surface area contributed by atoms with E-state index in [-0.39, 0.29) is 11.9 Å². The van der Waals surface area contributed by atoms with Gasteiger partial charge in [0, 0.05) is 11.3 Å². The Morgan fingerprint density at radius 3 is 2.67 bits per heavy atom. The average molecular weight is 405 g/mol. The summed E-state index contributed by atoms with van der Waals surface area (Å²) in [7, 11) is 3.20. The van der Waals surface area contributed by atoms with Crippen LogP contribution in [0.2, 0.25) is 0 Å². The van der Waals surface area contributed by atoms with Crippen LogP contribution in [0.25, 0.3) is 0 Å². The second kappa shape index (κ2) is 9.03. The van der Waals surface area contributed by atoms with Crippen molar-refractivity contribution in [1.29, 1.82) is 0 Å². The van der Waals surface area contributed by atoms with E-state index in [1.165, 1.54) is 11.3 Å². The highest BCUT2D eigenvalue weighted by molar-refractivity contribution is 5.79. The Bertz CT molecular complexity index is 1010. The molecule has 0 fully saturated rings. The first kappa shape index (κ1) is 20.0. The lowest BCUT2D eigenvalue weighted by molar-refractivity contribution is -0.121. The number of benzene rings is 2. The highest BCUT2D eigenvalue weighted by atomic mass is 16.5. The molecule has 0 saturated carbocycles. The maximum atomic E-state index is 12.7. The Balaban J connectivity index is 1.44. The molecule has 1 N–H and O–H groups in total. The summed E-state index contributed by atoms with van der Waals surface area (Å²) >= 11 is 0. The van der Waals surface area contributed by atoms with Crippen molar-refractivity contribution >= 4 is 5.91 Å². The van der Waals surface area contributed by atoms with E-state index < -0.39 is 0 Å². The molecule has 0 aliphatic heterocycles. The number of ether oxygens (including phenoxy) is 2. The van der Waals surface area contributed by atoms with Crippen molar-refractivity contribution in [3.8, 4) is 11.5 Å². The van der Waals surface area contributed by atoms with E-state index in [1.54, 1.807) is 14.2 Å². The molecule has 0 bridgehead atoms. The third-order valence-corrected chi connectivity index (χ3v) is 5.59. The number of aromatic nitrogens is 2. The van der Waals surface area contributed by atoms with Crippen molar-refractivity contribution < 1.29 is 14.3 Å². The molecule has 1 heterocycles. The quantitative estimate of drug-likeness (QED) is 0.651. The van der Waals surface area contributed by atoms with Crippen LogP contribution in [-0.4, -0.2) is 29.9 Å². The molecule has 0 unspecified atom stereocenters. The van der Waals surface area contributed by atoms with Gasteiger partial charge in [0.15, 0.2) is 11.5 Å². The lowest BCUT2D eigenvalue weighted by Crippen LogP contribution is -2.32. The molecule has 2 aromatic carbocycles. The smallest absolute Gasteiger partial charge is 0.224 e. The monoisotopic (exact) mass is 405 g/mol. The number of fused-ring (bicyclic) bond motifs is 1. The Kier molecular flexibility index (Phi) is 6.02. The van der Waals surface area contributed by atoms with Crippen LogP contribution in [0, 0.1) is 0 Å². The van der Waals surface area contributed by atoms with Gasteiger partial charge in [0.1, 0.15) is 0 Å². The number of rotatable bonds is 7. The van der Waals surface area contributed by atoms with E-state index >= 15 is 0 Å². The van der Waals surface area contributed by atoms with Gasteiger partial charge in [0.2, 0.25) is 5.91 Å². The van der Waals surface area contributed by atoms with Gasteiger partial charge in [-0.2, -0.15) is 5.10 Å². The number of carbonyl (C=O) groups excluding carboxylic acids is 1. The predicted octanol–water partition coefficient (Wildman–Crippen LogP) is 3.68. The Morgan fingerprint density at radius 1 is 1.10 bits per heavy atom. The minimum absolute atomic E-state index is 0.00382. The van der Waals surface area contributed by atoms with Gasteiger partial charge in [0.05, 0.1) is 39.4 Å². The zero-order valence-electron chi connectivity index (χ0n) is 17.4. The van der Waals surface area contributed by atoms with Gasteiger partial charge in [-0.05, 0) is 42.5 Å². The number of carbonyl (C=O) groups is 1. The Labute approximate surface area is 176 Å². The van der Waals surface area contributed by atoms with Crippen LogP contribution < -0.4 is 14.8 Å². The first-order chi connectivity index (χ1) is 14.7. The van der Waals surface area contributed by atoms with Crippen molar-refractivity contribution in [3.63, 3.8) is 0 Å². The standard InChI is InChI=1S/C24H27N3O3/c1-29-22-12-11-18(13-23(22)30-2)14-24(28)26-20-9-6-10-21-19(20)15-25-27(21)16-17-7-4-3-5-8-17/h3-5,7-8,11-13,15,20H,6,9-10,14,16H2,1-2H3,(H,26,28)/t20-/m0/s1. The number of hydrogen-bond acceptors (Lipinski definition) is 4. The molecule has 1 amide bonds. The summed E-state index contributed by atoms with van der Waals surface area (Å²) < 4.78 is 12.7. The van der Waals surface area contributed by atoms with Crippen LogP contribution >= 0.6 is 0 Å². The van der Waals surface area contributed by atoms with Gasteiger partial charge < -0.3 is 14.8 Å². The van der Waals surface area contributed by atoms with Crippen molar-refractivity contribution in [2.24, 2.45) is 0 Å². The average Bonchev–Trinajstić information content (AvgIpc) is 3.18. The number of nitrogens with one attached hydrogen (secondary N) is 1. The molecular formula is C24H27N3O3. The first-order valence-corrected chi connectivity index (χ1v) is 10.3. The molecule has 6 heteroatoms. The first-order valence-electron chi connectivity index (χ1n) is 10.3. The lowest BCUT2D eigenvalue weighted by Gasteiger charge is -2.24. The topological polar surface area (TPSA) is 65.4 Å². The molecule has 1 atom stereocenters. The fourth-order valence-electron chi connectivity index (χ4n) is 4.08. The Hall–Kier alpha value is -3.28. The molecule has 156 valence electrons.